The lowest BCUT2D eigenvalue weighted by atomic mass is 10.1. The number of nitrogens with zero attached hydrogens (tertiary/aromatic N) is 1. The topological polar surface area (TPSA) is 72.3 Å². The van der Waals surface area contributed by atoms with E-state index in [2.05, 4.69) is 9.72 Å². The fourth-order valence-electron chi connectivity index (χ4n) is 2.03. The second kappa shape index (κ2) is 9.67. The van der Waals surface area contributed by atoms with E-state index >= 15 is 0 Å². The lowest BCUT2D eigenvalue weighted by Gasteiger charge is -2.02. The first kappa shape index (κ1) is 19.6. The van der Waals surface area contributed by atoms with Gasteiger partial charge in [0.25, 0.3) is 0 Å². The molecular weight excluding hydrogens is 376 g/mol. The third-order valence-corrected chi connectivity index (χ3v) is 3.18. The molecule has 1 aromatic carbocycles. The molecule has 1 N–H and O–H groups in total. The summed E-state index contributed by atoms with van der Waals surface area (Å²) >= 11 is 0. The number of aromatic amines is 1. The van der Waals surface area contributed by atoms with E-state index in [0.717, 1.165) is 11.1 Å². The van der Waals surface area contributed by atoms with Crippen LogP contribution < -0.4 is 21.5 Å². The van der Waals surface area contributed by atoms with Crippen LogP contribution in [0.3, 0.4) is 0 Å². The van der Waals surface area contributed by atoms with Crippen molar-refractivity contribution >= 4 is 18.0 Å². The molecule has 128 valence electrons. The molecule has 0 aliphatic heterocycles. The fraction of sp³-hybridized carbons (Fsp3) is 0.235. The number of hydrogen-bond donors (Lipinski definition) is 1. The SMILES string of the molecule is CCOC(=O)c1[nH]cc[n+]1Cc1ccc(C=CC(=O)OC)cc1.[Br-]. The van der Waals surface area contributed by atoms with E-state index in [1.54, 1.807) is 30.0 Å². The third-order valence-electron chi connectivity index (χ3n) is 3.18. The monoisotopic (exact) mass is 394 g/mol. The van der Waals surface area contributed by atoms with E-state index in [-0.39, 0.29) is 23.0 Å². The molecule has 0 unspecified atom stereocenters. The van der Waals surface area contributed by atoms with Crippen molar-refractivity contribution < 1.29 is 40.6 Å². The van der Waals surface area contributed by atoms with Crippen molar-refractivity contribution in [3.8, 4) is 0 Å². The van der Waals surface area contributed by atoms with Gasteiger partial charge in [-0.3, -0.25) is 0 Å². The minimum Gasteiger partial charge on any atom is -1.00 e. The van der Waals surface area contributed by atoms with Gasteiger partial charge in [0.05, 0.1) is 13.7 Å². The molecule has 0 bridgehead atoms. The summed E-state index contributed by atoms with van der Waals surface area (Å²) in [5.41, 5.74) is 1.92. The Hall–Kier alpha value is -2.41. The van der Waals surface area contributed by atoms with Crippen LogP contribution >= 0.6 is 0 Å². The highest BCUT2D eigenvalue weighted by molar-refractivity contribution is 5.86. The smallest absolute Gasteiger partial charge is 0.421 e. The van der Waals surface area contributed by atoms with Gasteiger partial charge in [-0.1, -0.05) is 24.3 Å². The minimum absolute atomic E-state index is 0. The number of H-pyrrole nitrogens is 1. The Bertz CT molecular complexity index is 708. The van der Waals surface area contributed by atoms with Crippen molar-refractivity contribution in [3.63, 3.8) is 0 Å². The Balaban J connectivity index is 0.00000288. The van der Waals surface area contributed by atoms with Gasteiger partial charge in [-0.15, -0.1) is 0 Å². The Labute approximate surface area is 150 Å². The zero-order valence-corrected chi connectivity index (χ0v) is 15.1. The number of rotatable bonds is 6. The van der Waals surface area contributed by atoms with Gasteiger partial charge in [-0.2, -0.15) is 0 Å². The van der Waals surface area contributed by atoms with Crippen LogP contribution in [0, 0.1) is 0 Å². The molecule has 2 aromatic rings. The van der Waals surface area contributed by atoms with Gasteiger partial charge in [0.15, 0.2) is 0 Å². The average molecular weight is 395 g/mol. The van der Waals surface area contributed by atoms with E-state index < -0.39 is 5.97 Å². The fourth-order valence-corrected chi connectivity index (χ4v) is 2.03. The summed E-state index contributed by atoms with van der Waals surface area (Å²) in [6, 6.07) is 7.66. The molecule has 24 heavy (non-hydrogen) atoms. The maximum absolute atomic E-state index is 11.8. The van der Waals surface area contributed by atoms with E-state index in [9.17, 15) is 9.59 Å². The third kappa shape index (κ3) is 5.34. The average Bonchev–Trinajstić information content (AvgIpc) is 3.02. The summed E-state index contributed by atoms with van der Waals surface area (Å²) in [7, 11) is 1.34. The Morgan fingerprint density at radius 2 is 1.96 bits per heavy atom. The number of carbonyl (C=O) groups is 2. The van der Waals surface area contributed by atoms with Crippen molar-refractivity contribution in [1.82, 2.24) is 4.98 Å². The predicted molar refractivity (Wildman–Crippen MR) is 83.5 cm³/mol. The Morgan fingerprint density at radius 3 is 2.58 bits per heavy atom. The summed E-state index contributed by atoms with van der Waals surface area (Å²) in [6.45, 7) is 2.64. The maximum atomic E-state index is 11.8. The normalized spacial score (nSPS) is 10.2. The summed E-state index contributed by atoms with van der Waals surface area (Å²) in [4.78, 5) is 25.8. The van der Waals surface area contributed by atoms with Gasteiger partial charge >= 0.3 is 17.8 Å². The first-order chi connectivity index (χ1) is 11.1. The Kier molecular flexibility index (Phi) is 7.91. The van der Waals surface area contributed by atoms with Crippen LogP contribution in [0.15, 0.2) is 42.7 Å². The molecule has 0 fully saturated rings. The zero-order chi connectivity index (χ0) is 16.7. The molecule has 0 saturated heterocycles. The Morgan fingerprint density at radius 1 is 1.25 bits per heavy atom. The van der Waals surface area contributed by atoms with Gasteiger partial charge in [0.1, 0.15) is 18.9 Å². The summed E-state index contributed by atoms with van der Waals surface area (Å²) in [6.07, 6.45) is 6.54. The molecule has 0 radical (unpaired) electrons. The van der Waals surface area contributed by atoms with E-state index in [1.165, 1.54) is 13.2 Å². The van der Waals surface area contributed by atoms with Crippen molar-refractivity contribution in [2.75, 3.05) is 13.7 Å². The van der Waals surface area contributed by atoms with Crippen LogP contribution in [0.4, 0.5) is 0 Å². The number of carbonyl (C=O) groups excluding carboxylic acids is 2. The van der Waals surface area contributed by atoms with E-state index in [4.69, 9.17) is 4.74 Å². The van der Waals surface area contributed by atoms with Crippen LogP contribution in [-0.2, 0) is 20.8 Å². The van der Waals surface area contributed by atoms with Gasteiger partial charge in [0.2, 0.25) is 0 Å². The molecular formula is C17H19BrN2O4. The minimum atomic E-state index is -0.393. The molecule has 6 nitrogen and oxygen atoms in total. The number of ether oxygens (including phenoxy) is 2. The number of esters is 2. The number of benzene rings is 1. The highest BCUT2D eigenvalue weighted by Crippen LogP contribution is 2.07. The first-order valence-electron chi connectivity index (χ1n) is 7.23. The number of nitrogens with one attached hydrogen (secondary N) is 1. The van der Waals surface area contributed by atoms with Crippen LogP contribution in [0.2, 0.25) is 0 Å². The van der Waals surface area contributed by atoms with Crippen molar-refractivity contribution in [3.05, 3.63) is 59.7 Å². The van der Waals surface area contributed by atoms with Gasteiger partial charge < -0.3 is 26.5 Å². The highest BCUT2D eigenvalue weighted by Gasteiger charge is 2.21. The molecule has 7 heteroatoms. The van der Waals surface area contributed by atoms with Gasteiger partial charge in [-0.25, -0.2) is 19.1 Å². The maximum Gasteiger partial charge on any atom is 0.421 e. The number of imidazole rings is 1. The lowest BCUT2D eigenvalue weighted by molar-refractivity contribution is -0.689. The van der Waals surface area contributed by atoms with E-state index in [0.29, 0.717) is 19.0 Å². The first-order valence-corrected chi connectivity index (χ1v) is 7.23. The number of aromatic nitrogens is 2. The zero-order valence-electron chi connectivity index (χ0n) is 13.5. The second-order valence-electron chi connectivity index (χ2n) is 4.76. The van der Waals surface area contributed by atoms with Crippen molar-refractivity contribution in [1.29, 1.82) is 0 Å². The number of halogens is 1. The predicted octanol–water partition coefficient (Wildman–Crippen LogP) is -1.28. The van der Waals surface area contributed by atoms with Crippen molar-refractivity contribution in [2.45, 2.75) is 13.5 Å². The molecule has 0 aliphatic rings. The molecule has 0 aliphatic carbocycles. The molecule has 0 atom stereocenters. The standard InChI is InChI=1S/C17H18N2O4.BrH/c1-3-23-17(21)16-18-10-11-19(16)12-14-6-4-13(5-7-14)8-9-15(20)22-2;/h4-11H,3,12H2,1-2H3;1H. The van der Waals surface area contributed by atoms with Crippen molar-refractivity contribution in [2.24, 2.45) is 0 Å². The largest absolute Gasteiger partial charge is 1.00 e. The second-order valence-corrected chi connectivity index (χ2v) is 4.76. The van der Waals surface area contributed by atoms with Crippen LogP contribution in [0.25, 0.3) is 6.08 Å². The molecule has 0 saturated carbocycles. The molecule has 2 rings (SSSR count). The van der Waals surface area contributed by atoms with E-state index in [1.807, 2.05) is 24.3 Å². The quantitative estimate of drug-likeness (QED) is 0.376. The van der Waals surface area contributed by atoms with Crippen LogP contribution in [0.1, 0.15) is 28.7 Å². The highest BCUT2D eigenvalue weighted by atomic mass is 79.9. The molecule has 1 heterocycles. The van der Waals surface area contributed by atoms with Crippen LogP contribution in [-0.4, -0.2) is 30.6 Å². The van der Waals surface area contributed by atoms with Gasteiger partial charge in [-0.05, 0) is 24.1 Å². The molecule has 1 aromatic heterocycles. The molecule has 0 spiro atoms. The lowest BCUT2D eigenvalue weighted by Crippen LogP contribution is -3.00. The number of methoxy groups -OCH3 is 1. The summed E-state index contributed by atoms with van der Waals surface area (Å²) in [5, 5.41) is 0. The number of hydrogen-bond acceptors (Lipinski definition) is 4. The molecule has 0 amide bonds. The van der Waals surface area contributed by atoms with Crippen LogP contribution in [0.5, 0.6) is 0 Å². The summed E-state index contributed by atoms with van der Waals surface area (Å²) < 4.78 is 11.3. The summed E-state index contributed by atoms with van der Waals surface area (Å²) in [5.74, 6) is -0.368. The van der Waals surface area contributed by atoms with Gasteiger partial charge in [0, 0.05) is 6.08 Å².